The highest BCUT2D eigenvalue weighted by molar-refractivity contribution is 5.88. The fourth-order valence-corrected chi connectivity index (χ4v) is 5.42. The van der Waals surface area contributed by atoms with E-state index in [0.29, 0.717) is 17.8 Å². The largest absolute Gasteiger partial charge is 0.384 e. The Balaban J connectivity index is 0.000000229. The van der Waals surface area contributed by atoms with E-state index in [1.165, 1.54) is 40.3 Å². The topological polar surface area (TPSA) is 58.0 Å². The third-order valence-electron chi connectivity index (χ3n) is 8.38. The molecule has 2 N–H and O–H groups in total. The Morgan fingerprint density at radius 3 is 2.31 bits per heavy atom. The first-order valence-electron chi connectivity index (χ1n) is 17.0. The maximum atomic E-state index is 7.54. The summed E-state index contributed by atoms with van der Waals surface area (Å²) >= 11 is 0. The van der Waals surface area contributed by atoms with Gasteiger partial charge in [0.2, 0.25) is 0 Å². The van der Waals surface area contributed by atoms with E-state index < -0.39 is 0 Å². The lowest BCUT2D eigenvalue weighted by atomic mass is 9.71. The number of fused-ring (bicyclic) bond motifs is 2. The monoisotopic (exact) mass is 609 g/mol. The highest BCUT2D eigenvalue weighted by Gasteiger charge is 2.35. The Labute approximate surface area is 274 Å². The number of pyridine rings is 1. The minimum Gasteiger partial charge on any atom is -0.384 e. The van der Waals surface area contributed by atoms with Crippen molar-refractivity contribution in [3.8, 4) is 0 Å². The molecular formula is C41H59N3O. The van der Waals surface area contributed by atoms with Gasteiger partial charge >= 0.3 is 0 Å². The van der Waals surface area contributed by atoms with Crippen LogP contribution in [0.2, 0.25) is 0 Å². The molecule has 0 radical (unpaired) electrons. The predicted molar refractivity (Wildman–Crippen MR) is 197 cm³/mol. The Bertz CT molecular complexity index is 1440. The Morgan fingerprint density at radius 1 is 0.933 bits per heavy atom. The SMILES string of the molecule is CC.CC(C)C1(C)COCc2ccccc21.CC(C)CNc1cccc(C(C)C)c1C=N.CCCc1ccc2ncccc2c1. The highest BCUT2D eigenvalue weighted by Crippen LogP contribution is 2.37. The molecule has 244 valence electrons. The van der Waals surface area contributed by atoms with Crippen LogP contribution < -0.4 is 5.32 Å². The molecule has 1 atom stereocenters. The molecule has 0 spiro atoms. The Hall–Kier alpha value is -3.50. The van der Waals surface area contributed by atoms with E-state index in [1.54, 1.807) is 0 Å². The molecule has 2 heterocycles. The van der Waals surface area contributed by atoms with Crippen LogP contribution >= 0.6 is 0 Å². The highest BCUT2D eigenvalue weighted by atomic mass is 16.5. The average Bonchev–Trinajstić information content (AvgIpc) is 3.05. The number of aryl methyl sites for hydroxylation is 1. The van der Waals surface area contributed by atoms with Gasteiger partial charge < -0.3 is 15.5 Å². The van der Waals surface area contributed by atoms with Gasteiger partial charge in [-0.3, -0.25) is 4.98 Å². The molecule has 1 unspecified atom stereocenters. The second kappa shape index (κ2) is 19.1. The summed E-state index contributed by atoms with van der Waals surface area (Å²) in [5, 5.41) is 12.2. The van der Waals surface area contributed by atoms with Gasteiger partial charge in [0.25, 0.3) is 0 Å². The van der Waals surface area contributed by atoms with Gasteiger partial charge in [0.05, 0.1) is 18.7 Å². The maximum absolute atomic E-state index is 7.54. The van der Waals surface area contributed by atoms with Crippen LogP contribution in [0.5, 0.6) is 0 Å². The first-order chi connectivity index (χ1) is 21.6. The van der Waals surface area contributed by atoms with Crippen molar-refractivity contribution >= 4 is 22.8 Å². The summed E-state index contributed by atoms with van der Waals surface area (Å²) in [5.41, 5.74) is 8.85. The standard InChI is InChI=1S/C14H22N2.C13H18O.C12H13N.C2H6/c1-10(2)9-16-14-7-5-6-12(11(3)4)13(14)8-15;1-10(2)13(3)9-14-8-11-6-4-5-7-12(11)13;1-2-4-10-6-7-12-11(9-10)5-3-8-13-12;1-2/h5-8,10-11,15-16H,9H2,1-4H3;4-7,10H,8-9H2,1-3H3;3,5-9H,2,4H2,1H3;1-2H3. The number of hydrogen-bond donors (Lipinski definition) is 2. The fourth-order valence-electron chi connectivity index (χ4n) is 5.42. The molecule has 1 aromatic heterocycles. The lowest BCUT2D eigenvalue weighted by Crippen LogP contribution is -2.38. The lowest BCUT2D eigenvalue weighted by Gasteiger charge is -2.39. The number of aromatic nitrogens is 1. The number of nitrogens with zero attached hydrogens (tertiary/aromatic N) is 1. The molecule has 4 aromatic rings. The molecule has 0 aliphatic carbocycles. The van der Waals surface area contributed by atoms with Crippen molar-refractivity contribution in [2.75, 3.05) is 18.5 Å². The van der Waals surface area contributed by atoms with E-state index in [4.69, 9.17) is 10.1 Å². The van der Waals surface area contributed by atoms with E-state index in [0.717, 1.165) is 42.9 Å². The van der Waals surface area contributed by atoms with Gasteiger partial charge in [-0.25, -0.2) is 0 Å². The minimum atomic E-state index is 0.189. The molecule has 0 saturated heterocycles. The zero-order chi connectivity index (χ0) is 33.4. The third kappa shape index (κ3) is 10.8. The first-order valence-corrected chi connectivity index (χ1v) is 17.0. The second-order valence-electron chi connectivity index (χ2n) is 12.9. The zero-order valence-corrected chi connectivity index (χ0v) is 29.7. The van der Waals surface area contributed by atoms with Gasteiger partial charge in [0.1, 0.15) is 0 Å². The summed E-state index contributed by atoms with van der Waals surface area (Å²) < 4.78 is 5.67. The molecule has 4 heteroatoms. The summed E-state index contributed by atoms with van der Waals surface area (Å²) in [7, 11) is 0. The number of benzene rings is 3. The van der Waals surface area contributed by atoms with Crippen molar-refractivity contribution in [1.82, 2.24) is 4.98 Å². The van der Waals surface area contributed by atoms with Crippen LogP contribution in [0.4, 0.5) is 5.69 Å². The van der Waals surface area contributed by atoms with Crippen LogP contribution in [0, 0.1) is 17.2 Å². The molecule has 4 nitrogen and oxygen atoms in total. The molecule has 1 aliphatic heterocycles. The van der Waals surface area contributed by atoms with Crippen LogP contribution in [-0.4, -0.2) is 24.4 Å². The minimum absolute atomic E-state index is 0.189. The van der Waals surface area contributed by atoms with E-state index in [9.17, 15) is 0 Å². The van der Waals surface area contributed by atoms with E-state index in [-0.39, 0.29) is 5.41 Å². The summed E-state index contributed by atoms with van der Waals surface area (Å²) in [6.07, 6.45) is 5.65. The zero-order valence-electron chi connectivity index (χ0n) is 29.7. The van der Waals surface area contributed by atoms with E-state index >= 15 is 0 Å². The van der Waals surface area contributed by atoms with Gasteiger partial charge in [-0.05, 0) is 70.7 Å². The number of hydrogen-bond acceptors (Lipinski definition) is 4. The van der Waals surface area contributed by atoms with Crippen LogP contribution in [0.15, 0.2) is 79.0 Å². The summed E-state index contributed by atoms with van der Waals surface area (Å²) in [5.74, 6) is 1.68. The van der Waals surface area contributed by atoms with Crippen molar-refractivity contribution in [1.29, 1.82) is 5.41 Å². The van der Waals surface area contributed by atoms with E-state index in [1.807, 2.05) is 26.1 Å². The molecule has 0 fully saturated rings. The molecule has 5 rings (SSSR count). The molecule has 45 heavy (non-hydrogen) atoms. The molecule has 0 saturated carbocycles. The molecule has 3 aromatic carbocycles. The quantitative estimate of drug-likeness (QED) is 0.195. The molecule has 0 amide bonds. The summed E-state index contributed by atoms with van der Waals surface area (Å²) in [6, 6.07) is 25.4. The first kappa shape index (κ1) is 37.7. The smallest absolute Gasteiger partial charge is 0.0720 e. The van der Waals surface area contributed by atoms with Gasteiger partial charge in [-0.1, -0.05) is 124 Å². The summed E-state index contributed by atoms with van der Waals surface area (Å²) in [6.45, 7) is 24.3. The van der Waals surface area contributed by atoms with Crippen LogP contribution in [0.3, 0.4) is 0 Å². The van der Waals surface area contributed by atoms with Crippen LogP contribution in [-0.2, 0) is 23.2 Å². The van der Waals surface area contributed by atoms with Crippen molar-refractivity contribution in [2.24, 2.45) is 11.8 Å². The normalized spacial score (nSPS) is 15.2. The average molecular weight is 610 g/mol. The Morgan fingerprint density at radius 2 is 1.67 bits per heavy atom. The van der Waals surface area contributed by atoms with Crippen LogP contribution in [0.1, 0.15) is 109 Å². The maximum Gasteiger partial charge on any atom is 0.0720 e. The number of ether oxygens (including phenoxy) is 1. The van der Waals surface area contributed by atoms with Gasteiger partial charge in [0.15, 0.2) is 0 Å². The van der Waals surface area contributed by atoms with Crippen molar-refractivity contribution in [3.63, 3.8) is 0 Å². The van der Waals surface area contributed by atoms with Crippen molar-refractivity contribution in [3.05, 3.63) is 107 Å². The molecule has 1 aliphatic rings. The van der Waals surface area contributed by atoms with E-state index in [2.05, 4.69) is 132 Å². The second-order valence-corrected chi connectivity index (χ2v) is 12.9. The third-order valence-corrected chi connectivity index (χ3v) is 8.38. The molecule has 0 bridgehead atoms. The Kier molecular flexibility index (Phi) is 16.0. The van der Waals surface area contributed by atoms with Crippen molar-refractivity contribution < 1.29 is 4.74 Å². The number of nitrogens with one attached hydrogen (secondary N) is 2. The van der Waals surface area contributed by atoms with Crippen LogP contribution in [0.25, 0.3) is 10.9 Å². The number of anilines is 1. The van der Waals surface area contributed by atoms with Gasteiger partial charge in [-0.15, -0.1) is 0 Å². The van der Waals surface area contributed by atoms with Gasteiger partial charge in [0, 0.05) is 41.0 Å². The van der Waals surface area contributed by atoms with Gasteiger partial charge in [-0.2, -0.15) is 0 Å². The van der Waals surface area contributed by atoms with Crippen molar-refractivity contribution in [2.45, 2.75) is 100 Å². The lowest BCUT2D eigenvalue weighted by molar-refractivity contribution is 0.0391. The summed E-state index contributed by atoms with van der Waals surface area (Å²) in [4.78, 5) is 4.28. The fraction of sp³-hybridized carbons (Fsp3) is 0.463. The number of rotatable bonds is 8. The predicted octanol–water partition coefficient (Wildman–Crippen LogP) is 11.2. The molecular weight excluding hydrogens is 550 g/mol.